The average molecular weight is 316 g/mol. The highest BCUT2D eigenvalue weighted by atomic mass is 32.2. The van der Waals surface area contributed by atoms with E-state index in [0.717, 1.165) is 13.0 Å². The van der Waals surface area contributed by atoms with Crippen molar-refractivity contribution in [2.24, 2.45) is 0 Å². The van der Waals surface area contributed by atoms with Crippen LogP contribution in [-0.2, 0) is 21.3 Å². The van der Waals surface area contributed by atoms with Crippen LogP contribution in [0, 0.1) is 0 Å². The first-order chi connectivity index (χ1) is 10.0. The van der Waals surface area contributed by atoms with Crippen molar-refractivity contribution >= 4 is 10.0 Å². The van der Waals surface area contributed by atoms with Crippen molar-refractivity contribution in [3.8, 4) is 0 Å². The minimum atomic E-state index is -3.50. The van der Waals surface area contributed by atoms with Gasteiger partial charge in [0.05, 0.1) is 12.3 Å². The van der Waals surface area contributed by atoms with E-state index < -0.39 is 10.0 Å². The number of aromatic nitrogens is 2. The topological polar surface area (TPSA) is 85.2 Å². The van der Waals surface area contributed by atoms with E-state index >= 15 is 0 Å². The summed E-state index contributed by atoms with van der Waals surface area (Å²) in [5.74, 6) is 0. The molecular weight excluding hydrogens is 292 g/mol. The molecule has 1 aliphatic rings. The van der Waals surface area contributed by atoms with E-state index in [-0.39, 0.29) is 17.0 Å². The van der Waals surface area contributed by atoms with Gasteiger partial charge in [-0.2, -0.15) is 5.10 Å². The second-order valence-electron chi connectivity index (χ2n) is 5.42. The number of rotatable bonds is 7. The summed E-state index contributed by atoms with van der Waals surface area (Å²) in [5.41, 5.74) is 0. The molecule has 1 aromatic rings. The number of sulfonamides is 1. The first-order valence-corrected chi connectivity index (χ1v) is 8.80. The van der Waals surface area contributed by atoms with Crippen molar-refractivity contribution in [1.82, 2.24) is 19.8 Å². The van der Waals surface area contributed by atoms with E-state index in [9.17, 15) is 8.42 Å². The summed E-state index contributed by atoms with van der Waals surface area (Å²) in [7, 11) is -1.61. The Morgan fingerprint density at radius 3 is 3.05 bits per heavy atom. The van der Waals surface area contributed by atoms with Gasteiger partial charge < -0.3 is 10.1 Å². The van der Waals surface area contributed by atoms with Crippen molar-refractivity contribution in [1.29, 1.82) is 0 Å². The molecule has 0 aliphatic carbocycles. The molecule has 2 atom stereocenters. The van der Waals surface area contributed by atoms with Crippen LogP contribution in [-0.4, -0.2) is 50.5 Å². The van der Waals surface area contributed by atoms with Crippen molar-refractivity contribution in [2.45, 2.75) is 49.8 Å². The number of hydrogen-bond acceptors (Lipinski definition) is 5. The molecule has 120 valence electrons. The number of aryl methyl sites for hydroxylation is 1. The third-order valence-electron chi connectivity index (χ3n) is 3.54. The van der Waals surface area contributed by atoms with Gasteiger partial charge >= 0.3 is 0 Å². The Bertz CT molecular complexity index is 543. The average Bonchev–Trinajstić information content (AvgIpc) is 2.88. The molecule has 1 fully saturated rings. The van der Waals surface area contributed by atoms with Crippen LogP contribution in [0.15, 0.2) is 17.3 Å². The van der Waals surface area contributed by atoms with Gasteiger partial charge in [0.25, 0.3) is 0 Å². The van der Waals surface area contributed by atoms with Gasteiger partial charge in [-0.25, -0.2) is 13.1 Å². The summed E-state index contributed by atoms with van der Waals surface area (Å²) in [6.07, 6.45) is 5.40. The predicted octanol–water partition coefficient (Wildman–Crippen LogP) is 0.338. The van der Waals surface area contributed by atoms with Crippen LogP contribution < -0.4 is 10.0 Å². The molecule has 2 unspecified atom stereocenters. The van der Waals surface area contributed by atoms with Gasteiger partial charge in [-0.15, -0.1) is 0 Å². The van der Waals surface area contributed by atoms with Crippen molar-refractivity contribution in [2.75, 3.05) is 20.2 Å². The number of hydrogen-bond donors (Lipinski definition) is 2. The molecular formula is C13H24N4O3S. The summed E-state index contributed by atoms with van der Waals surface area (Å²) in [6.45, 7) is 4.13. The predicted molar refractivity (Wildman–Crippen MR) is 79.5 cm³/mol. The fourth-order valence-corrected chi connectivity index (χ4v) is 3.65. The zero-order chi connectivity index (χ0) is 15.3. The van der Waals surface area contributed by atoms with E-state index in [1.807, 2.05) is 14.0 Å². The van der Waals surface area contributed by atoms with Crippen LogP contribution in [0.4, 0.5) is 0 Å². The molecule has 1 saturated heterocycles. The summed E-state index contributed by atoms with van der Waals surface area (Å²) in [6, 6.07) is -0.0635. The van der Waals surface area contributed by atoms with Gasteiger partial charge in [-0.05, 0) is 39.8 Å². The van der Waals surface area contributed by atoms with E-state index in [4.69, 9.17) is 4.74 Å². The fourth-order valence-electron chi connectivity index (χ4n) is 2.42. The Kier molecular flexibility index (Phi) is 5.74. The summed E-state index contributed by atoms with van der Waals surface area (Å²) >= 11 is 0. The Hall–Kier alpha value is -0.960. The molecule has 2 heterocycles. The van der Waals surface area contributed by atoms with E-state index in [0.29, 0.717) is 26.0 Å². The van der Waals surface area contributed by atoms with Crippen LogP contribution in [0.2, 0.25) is 0 Å². The monoisotopic (exact) mass is 316 g/mol. The van der Waals surface area contributed by atoms with Gasteiger partial charge in [0.2, 0.25) is 10.0 Å². The first kappa shape index (κ1) is 16.4. The maximum absolute atomic E-state index is 12.3. The SMILES string of the molecule is CNCCCn1cc(S(=O)(=O)NC2CCOC(C)C2)cn1. The highest BCUT2D eigenvalue weighted by Gasteiger charge is 2.25. The van der Waals surface area contributed by atoms with Crippen LogP contribution >= 0.6 is 0 Å². The Labute approximate surface area is 126 Å². The lowest BCUT2D eigenvalue weighted by Crippen LogP contribution is -2.41. The molecule has 0 saturated carbocycles. The van der Waals surface area contributed by atoms with Gasteiger partial charge in [0.15, 0.2) is 0 Å². The third kappa shape index (κ3) is 4.77. The minimum Gasteiger partial charge on any atom is -0.378 e. The summed E-state index contributed by atoms with van der Waals surface area (Å²) < 4.78 is 34.5. The van der Waals surface area contributed by atoms with Gasteiger partial charge in [0.1, 0.15) is 4.90 Å². The van der Waals surface area contributed by atoms with Crippen LogP contribution in [0.1, 0.15) is 26.2 Å². The normalized spacial score (nSPS) is 23.3. The molecule has 0 bridgehead atoms. The molecule has 1 aromatic heterocycles. The molecule has 0 aromatic carbocycles. The standard InChI is InChI=1S/C13H24N4O3S/c1-11-8-12(4-7-20-11)16-21(18,19)13-9-15-17(10-13)6-3-5-14-2/h9-12,14,16H,3-8H2,1-2H3. The molecule has 0 amide bonds. The van der Waals surface area contributed by atoms with Crippen LogP contribution in [0.5, 0.6) is 0 Å². The number of ether oxygens (including phenoxy) is 1. The Morgan fingerprint density at radius 2 is 2.33 bits per heavy atom. The molecule has 2 rings (SSSR count). The Balaban J connectivity index is 1.95. The maximum Gasteiger partial charge on any atom is 0.243 e. The number of nitrogens with zero attached hydrogens (tertiary/aromatic N) is 2. The summed E-state index contributed by atoms with van der Waals surface area (Å²) in [4.78, 5) is 0.228. The van der Waals surface area contributed by atoms with Gasteiger partial charge in [-0.3, -0.25) is 4.68 Å². The quantitative estimate of drug-likeness (QED) is 0.709. The van der Waals surface area contributed by atoms with E-state index in [1.165, 1.54) is 6.20 Å². The second-order valence-corrected chi connectivity index (χ2v) is 7.13. The zero-order valence-electron chi connectivity index (χ0n) is 12.6. The van der Waals surface area contributed by atoms with Gasteiger partial charge in [0, 0.05) is 25.4 Å². The third-order valence-corrected chi connectivity index (χ3v) is 5.02. The Morgan fingerprint density at radius 1 is 1.52 bits per heavy atom. The lowest BCUT2D eigenvalue weighted by atomic mass is 10.1. The summed E-state index contributed by atoms with van der Waals surface area (Å²) in [5, 5.41) is 7.16. The molecule has 8 heteroatoms. The van der Waals surface area contributed by atoms with Crippen molar-refractivity contribution in [3.05, 3.63) is 12.4 Å². The van der Waals surface area contributed by atoms with Crippen LogP contribution in [0.25, 0.3) is 0 Å². The maximum atomic E-state index is 12.3. The van der Waals surface area contributed by atoms with E-state index in [1.54, 1.807) is 10.9 Å². The second kappa shape index (κ2) is 7.35. The number of nitrogens with one attached hydrogen (secondary N) is 2. The molecule has 1 aliphatic heterocycles. The smallest absolute Gasteiger partial charge is 0.243 e. The fraction of sp³-hybridized carbons (Fsp3) is 0.769. The van der Waals surface area contributed by atoms with E-state index in [2.05, 4.69) is 15.1 Å². The molecule has 0 radical (unpaired) electrons. The highest BCUT2D eigenvalue weighted by molar-refractivity contribution is 7.89. The lowest BCUT2D eigenvalue weighted by molar-refractivity contribution is 0.0173. The molecule has 0 spiro atoms. The lowest BCUT2D eigenvalue weighted by Gasteiger charge is -2.27. The van der Waals surface area contributed by atoms with Crippen LogP contribution in [0.3, 0.4) is 0 Å². The zero-order valence-corrected chi connectivity index (χ0v) is 13.4. The van der Waals surface area contributed by atoms with Crippen molar-refractivity contribution in [3.63, 3.8) is 0 Å². The van der Waals surface area contributed by atoms with Gasteiger partial charge in [-0.1, -0.05) is 0 Å². The van der Waals surface area contributed by atoms with Crippen molar-refractivity contribution < 1.29 is 13.2 Å². The highest BCUT2D eigenvalue weighted by Crippen LogP contribution is 2.16. The minimum absolute atomic E-state index is 0.0635. The first-order valence-electron chi connectivity index (χ1n) is 7.32. The molecule has 7 nitrogen and oxygen atoms in total. The largest absolute Gasteiger partial charge is 0.378 e. The molecule has 2 N–H and O–H groups in total. The molecule has 21 heavy (non-hydrogen) atoms.